The number of carbonyl (C=O) groups excluding carboxylic acids is 1. The Balaban J connectivity index is 2.09. The van der Waals surface area contributed by atoms with Crippen molar-refractivity contribution >= 4 is 11.6 Å². The Hall–Kier alpha value is -2.36. The van der Waals surface area contributed by atoms with E-state index in [9.17, 15) is 9.18 Å². The molecular weight excluding hydrogens is 245 g/mol. The van der Waals surface area contributed by atoms with Crippen LogP contribution < -0.4 is 10.1 Å². The molecule has 0 aliphatic carbocycles. The standard InChI is InChI=1S/C15H14FNO2/c1-2-19-12-9-7-11(8-10-12)17-15(18)13-5-3-4-6-14(13)16/h3-10H,2H2,1H3,(H,17,18). The summed E-state index contributed by atoms with van der Waals surface area (Å²) in [6, 6.07) is 12.8. The molecule has 1 N–H and O–H groups in total. The number of anilines is 1. The summed E-state index contributed by atoms with van der Waals surface area (Å²) in [4.78, 5) is 11.9. The average molecular weight is 259 g/mol. The van der Waals surface area contributed by atoms with E-state index >= 15 is 0 Å². The number of carbonyl (C=O) groups is 1. The molecule has 0 aromatic heterocycles. The summed E-state index contributed by atoms with van der Waals surface area (Å²) in [5.41, 5.74) is 0.619. The number of ether oxygens (including phenoxy) is 1. The first kappa shape index (κ1) is 13.1. The number of hydrogen-bond acceptors (Lipinski definition) is 2. The summed E-state index contributed by atoms with van der Waals surface area (Å²) >= 11 is 0. The van der Waals surface area contributed by atoms with E-state index in [0.717, 1.165) is 5.75 Å². The number of nitrogens with one attached hydrogen (secondary N) is 1. The Bertz CT molecular complexity index is 567. The molecule has 0 fully saturated rings. The fraction of sp³-hybridized carbons (Fsp3) is 0.133. The van der Waals surface area contributed by atoms with Crippen LogP contribution in [0.15, 0.2) is 48.5 Å². The second kappa shape index (κ2) is 6.00. The number of benzene rings is 2. The van der Waals surface area contributed by atoms with Crippen LogP contribution in [0.2, 0.25) is 0 Å². The van der Waals surface area contributed by atoms with Crippen molar-refractivity contribution < 1.29 is 13.9 Å². The highest BCUT2D eigenvalue weighted by molar-refractivity contribution is 6.04. The van der Waals surface area contributed by atoms with Crippen molar-refractivity contribution in [3.63, 3.8) is 0 Å². The highest BCUT2D eigenvalue weighted by Gasteiger charge is 2.10. The normalized spacial score (nSPS) is 10.0. The van der Waals surface area contributed by atoms with E-state index in [1.165, 1.54) is 12.1 Å². The van der Waals surface area contributed by atoms with E-state index in [-0.39, 0.29) is 5.56 Å². The number of amides is 1. The Morgan fingerprint density at radius 2 is 1.84 bits per heavy atom. The first-order chi connectivity index (χ1) is 9.20. The van der Waals surface area contributed by atoms with Crippen LogP contribution in [0.1, 0.15) is 17.3 Å². The SMILES string of the molecule is CCOc1ccc(NC(=O)c2ccccc2F)cc1. The molecule has 2 rings (SSSR count). The van der Waals surface area contributed by atoms with Crippen molar-refractivity contribution in [2.45, 2.75) is 6.92 Å². The van der Waals surface area contributed by atoms with Gasteiger partial charge in [-0.1, -0.05) is 12.1 Å². The Kier molecular flexibility index (Phi) is 4.13. The summed E-state index contributed by atoms with van der Waals surface area (Å²) in [6.45, 7) is 2.48. The van der Waals surface area contributed by atoms with Crippen molar-refractivity contribution in [3.8, 4) is 5.75 Å². The van der Waals surface area contributed by atoms with Gasteiger partial charge in [0.2, 0.25) is 0 Å². The topological polar surface area (TPSA) is 38.3 Å². The molecule has 0 radical (unpaired) electrons. The van der Waals surface area contributed by atoms with Crippen LogP contribution in [0, 0.1) is 5.82 Å². The van der Waals surface area contributed by atoms with Crippen molar-refractivity contribution in [1.82, 2.24) is 0 Å². The zero-order valence-electron chi connectivity index (χ0n) is 10.5. The minimum absolute atomic E-state index is 0.0244. The molecule has 0 aliphatic heterocycles. The summed E-state index contributed by atoms with van der Waals surface area (Å²) in [6.07, 6.45) is 0. The second-order valence-corrected chi connectivity index (χ2v) is 3.89. The minimum Gasteiger partial charge on any atom is -0.494 e. The van der Waals surface area contributed by atoms with E-state index in [1.54, 1.807) is 36.4 Å². The third-order valence-electron chi connectivity index (χ3n) is 2.54. The largest absolute Gasteiger partial charge is 0.494 e. The lowest BCUT2D eigenvalue weighted by Crippen LogP contribution is -2.13. The minimum atomic E-state index is -0.536. The first-order valence-corrected chi connectivity index (χ1v) is 5.99. The molecule has 0 saturated heterocycles. The molecule has 2 aromatic rings. The summed E-state index contributed by atoms with van der Waals surface area (Å²) in [5, 5.41) is 2.63. The van der Waals surface area contributed by atoms with Gasteiger partial charge in [0.1, 0.15) is 11.6 Å². The van der Waals surface area contributed by atoms with E-state index in [2.05, 4.69) is 5.32 Å². The molecule has 0 atom stereocenters. The highest BCUT2D eigenvalue weighted by atomic mass is 19.1. The van der Waals surface area contributed by atoms with Gasteiger partial charge in [0.05, 0.1) is 12.2 Å². The van der Waals surface area contributed by atoms with Crippen LogP contribution in [0.25, 0.3) is 0 Å². The molecule has 2 aromatic carbocycles. The monoisotopic (exact) mass is 259 g/mol. The van der Waals surface area contributed by atoms with Crippen molar-refractivity contribution in [2.24, 2.45) is 0 Å². The summed E-state index contributed by atoms with van der Waals surface area (Å²) in [5.74, 6) is -0.278. The van der Waals surface area contributed by atoms with E-state index in [0.29, 0.717) is 12.3 Å². The van der Waals surface area contributed by atoms with Gasteiger partial charge in [0, 0.05) is 5.69 Å². The van der Waals surface area contributed by atoms with Gasteiger partial charge in [-0.15, -0.1) is 0 Å². The van der Waals surface area contributed by atoms with Crippen LogP contribution in [-0.4, -0.2) is 12.5 Å². The van der Waals surface area contributed by atoms with Crippen molar-refractivity contribution in [2.75, 3.05) is 11.9 Å². The highest BCUT2D eigenvalue weighted by Crippen LogP contribution is 2.17. The number of halogens is 1. The van der Waals surface area contributed by atoms with Crippen LogP contribution in [0.3, 0.4) is 0 Å². The molecule has 0 saturated carbocycles. The fourth-order valence-corrected chi connectivity index (χ4v) is 1.64. The van der Waals surface area contributed by atoms with Crippen LogP contribution in [0.5, 0.6) is 5.75 Å². The Labute approximate surface area is 111 Å². The molecule has 0 unspecified atom stereocenters. The predicted molar refractivity (Wildman–Crippen MR) is 72.0 cm³/mol. The Morgan fingerprint density at radius 1 is 1.16 bits per heavy atom. The van der Waals surface area contributed by atoms with Gasteiger partial charge in [-0.25, -0.2) is 4.39 Å². The maximum Gasteiger partial charge on any atom is 0.258 e. The zero-order chi connectivity index (χ0) is 13.7. The maximum absolute atomic E-state index is 13.4. The fourth-order valence-electron chi connectivity index (χ4n) is 1.64. The molecule has 3 nitrogen and oxygen atoms in total. The van der Waals surface area contributed by atoms with Gasteiger partial charge < -0.3 is 10.1 Å². The van der Waals surface area contributed by atoms with E-state index < -0.39 is 11.7 Å². The molecule has 0 aliphatic rings. The molecule has 0 bridgehead atoms. The predicted octanol–water partition coefficient (Wildman–Crippen LogP) is 3.48. The molecule has 98 valence electrons. The number of rotatable bonds is 4. The van der Waals surface area contributed by atoms with Crippen LogP contribution in [-0.2, 0) is 0 Å². The van der Waals surface area contributed by atoms with Crippen molar-refractivity contribution in [3.05, 3.63) is 59.9 Å². The molecule has 0 spiro atoms. The van der Waals surface area contributed by atoms with Gasteiger partial charge in [-0.2, -0.15) is 0 Å². The summed E-state index contributed by atoms with van der Waals surface area (Å²) < 4.78 is 18.7. The lowest BCUT2D eigenvalue weighted by Gasteiger charge is -2.07. The second-order valence-electron chi connectivity index (χ2n) is 3.89. The average Bonchev–Trinajstić information content (AvgIpc) is 2.42. The summed E-state index contributed by atoms with van der Waals surface area (Å²) in [7, 11) is 0. The lowest BCUT2D eigenvalue weighted by atomic mass is 10.2. The smallest absolute Gasteiger partial charge is 0.258 e. The molecule has 0 heterocycles. The van der Waals surface area contributed by atoms with Gasteiger partial charge >= 0.3 is 0 Å². The quantitative estimate of drug-likeness (QED) is 0.912. The van der Waals surface area contributed by atoms with Gasteiger partial charge in [0.25, 0.3) is 5.91 Å². The van der Waals surface area contributed by atoms with E-state index in [4.69, 9.17) is 4.74 Å². The number of hydrogen-bond donors (Lipinski definition) is 1. The molecule has 1 amide bonds. The van der Waals surface area contributed by atoms with Crippen LogP contribution >= 0.6 is 0 Å². The van der Waals surface area contributed by atoms with Gasteiger partial charge in [0.15, 0.2) is 0 Å². The molecule has 19 heavy (non-hydrogen) atoms. The maximum atomic E-state index is 13.4. The first-order valence-electron chi connectivity index (χ1n) is 5.99. The van der Waals surface area contributed by atoms with Crippen molar-refractivity contribution in [1.29, 1.82) is 0 Å². The van der Waals surface area contributed by atoms with Crippen LogP contribution in [0.4, 0.5) is 10.1 Å². The van der Waals surface area contributed by atoms with Gasteiger partial charge in [-0.3, -0.25) is 4.79 Å². The van der Waals surface area contributed by atoms with E-state index in [1.807, 2.05) is 6.92 Å². The zero-order valence-corrected chi connectivity index (χ0v) is 10.5. The Morgan fingerprint density at radius 3 is 2.47 bits per heavy atom. The third-order valence-corrected chi connectivity index (χ3v) is 2.54. The molecular formula is C15H14FNO2. The molecule has 4 heteroatoms. The van der Waals surface area contributed by atoms with Gasteiger partial charge in [-0.05, 0) is 43.3 Å². The third kappa shape index (κ3) is 3.31. The lowest BCUT2D eigenvalue weighted by molar-refractivity contribution is 0.102.